The van der Waals surface area contributed by atoms with Crippen molar-refractivity contribution in [3.63, 3.8) is 0 Å². The SMILES string of the molecule is CCC(C)Sc1oc(-c2ccc(C)cc2)nc1S(=O)(=O)c1ccc(C)cc1. The van der Waals surface area contributed by atoms with Crippen LogP contribution in [-0.4, -0.2) is 18.7 Å². The van der Waals surface area contributed by atoms with Gasteiger partial charge in [0.25, 0.3) is 0 Å². The predicted octanol–water partition coefficient (Wildman–Crippen LogP) is 5.68. The molecule has 3 rings (SSSR count). The number of sulfone groups is 1. The molecule has 2 aromatic carbocycles. The zero-order valence-corrected chi connectivity index (χ0v) is 17.5. The first-order valence-corrected chi connectivity index (χ1v) is 11.2. The molecule has 1 heterocycles. The minimum absolute atomic E-state index is 0.00720. The maximum atomic E-state index is 13.2. The Kier molecular flexibility index (Phi) is 5.77. The van der Waals surface area contributed by atoms with Crippen LogP contribution in [0.4, 0.5) is 0 Å². The second-order valence-corrected chi connectivity index (χ2v) is 9.91. The average molecular weight is 402 g/mol. The van der Waals surface area contributed by atoms with Crippen LogP contribution in [0.1, 0.15) is 31.4 Å². The highest BCUT2D eigenvalue weighted by Crippen LogP contribution is 2.37. The predicted molar refractivity (Wildman–Crippen MR) is 109 cm³/mol. The van der Waals surface area contributed by atoms with E-state index >= 15 is 0 Å². The number of benzene rings is 2. The Balaban J connectivity index is 2.11. The molecule has 0 bridgehead atoms. The Labute approximate surface area is 164 Å². The van der Waals surface area contributed by atoms with Crippen LogP contribution in [-0.2, 0) is 9.84 Å². The van der Waals surface area contributed by atoms with Crippen molar-refractivity contribution in [3.05, 3.63) is 59.7 Å². The third-order valence-electron chi connectivity index (χ3n) is 4.33. The van der Waals surface area contributed by atoms with Crippen LogP contribution in [0.5, 0.6) is 0 Å². The van der Waals surface area contributed by atoms with Crippen molar-refractivity contribution in [2.75, 3.05) is 0 Å². The van der Waals surface area contributed by atoms with E-state index in [1.807, 2.05) is 45.0 Å². The Morgan fingerprint density at radius 1 is 1.00 bits per heavy atom. The van der Waals surface area contributed by atoms with Crippen LogP contribution < -0.4 is 0 Å². The van der Waals surface area contributed by atoms with Crippen LogP contribution in [0.2, 0.25) is 0 Å². The van der Waals surface area contributed by atoms with Gasteiger partial charge in [0.1, 0.15) is 0 Å². The van der Waals surface area contributed by atoms with Crippen molar-refractivity contribution in [2.45, 2.75) is 54.4 Å². The molecular weight excluding hydrogens is 378 g/mol. The summed E-state index contributed by atoms with van der Waals surface area (Å²) >= 11 is 1.41. The van der Waals surface area contributed by atoms with Gasteiger partial charge in [-0.2, -0.15) is 4.98 Å². The molecule has 1 unspecified atom stereocenters. The second-order valence-electron chi connectivity index (χ2n) is 6.63. The summed E-state index contributed by atoms with van der Waals surface area (Å²) in [6.07, 6.45) is 0.898. The average Bonchev–Trinajstić information content (AvgIpc) is 3.07. The first-order valence-electron chi connectivity index (χ1n) is 8.87. The van der Waals surface area contributed by atoms with E-state index in [1.165, 1.54) is 11.8 Å². The fourth-order valence-corrected chi connectivity index (χ4v) is 4.91. The van der Waals surface area contributed by atoms with Crippen molar-refractivity contribution in [2.24, 2.45) is 0 Å². The fraction of sp³-hybridized carbons (Fsp3) is 0.286. The van der Waals surface area contributed by atoms with Gasteiger partial charge in [-0.1, -0.05) is 61.0 Å². The summed E-state index contributed by atoms with van der Waals surface area (Å²) in [5.74, 6) is 0.325. The van der Waals surface area contributed by atoms with E-state index in [4.69, 9.17) is 4.42 Å². The van der Waals surface area contributed by atoms with Crippen LogP contribution >= 0.6 is 11.8 Å². The molecule has 0 aliphatic carbocycles. The summed E-state index contributed by atoms with van der Waals surface area (Å²) in [5, 5.41) is 0.559. The summed E-state index contributed by atoms with van der Waals surface area (Å²) in [6.45, 7) is 8.02. The van der Waals surface area contributed by atoms with Gasteiger partial charge in [-0.25, -0.2) is 8.42 Å². The van der Waals surface area contributed by atoms with E-state index < -0.39 is 9.84 Å². The van der Waals surface area contributed by atoms with E-state index in [2.05, 4.69) is 11.9 Å². The van der Waals surface area contributed by atoms with Gasteiger partial charge in [-0.3, -0.25) is 0 Å². The lowest BCUT2D eigenvalue weighted by Gasteiger charge is -2.07. The van der Waals surface area contributed by atoms with E-state index in [0.717, 1.165) is 23.1 Å². The lowest BCUT2D eigenvalue weighted by molar-refractivity contribution is 0.469. The molecule has 4 nitrogen and oxygen atoms in total. The van der Waals surface area contributed by atoms with Crippen LogP contribution in [0.25, 0.3) is 11.5 Å². The molecule has 0 spiro atoms. The quantitative estimate of drug-likeness (QED) is 0.497. The third kappa shape index (κ3) is 4.28. The van der Waals surface area contributed by atoms with Crippen molar-refractivity contribution < 1.29 is 12.8 Å². The van der Waals surface area contributed by atoms with Gasteiger partial charge in [-0.15, -0.1) is 0 Å². The minimum Gasteiger partial charge on any atom is -0.428 e. The van der Waals surface area contributed by atoms with Gasteiger partial charge in [-0.05, 0) is 44.5 Å². The number of aryl methyl sites for hydroxylation is 2. The molecule has 0 amide bonds. The number of hydrogen-bond donors (Lipinski definition) is 0. The number of rotatable bonds is 6. The van der Waals surface area contributed by atoms with Gasteiger partial charge in [0.15, 0.2) is 0 Å². The van der Waals surface area contributed by atoms with E-state index in [0.29, 0.717) is 11.0 Å². The highest BCUT2D eigenvalue weighted by atomic mass is 32.2. The smallest absolute Gasteiger partial charge is 0.228 e. The van der Waals surface area contributed by atoms with Crippen LogP contribution in [0.15, 0.2) is 68.0 Å². The number of thioether (sulfide) groups is 1. The number of hydrogen-bond acceptors (Lipinski definition) is 5. The highest BCUT2D eigenvalue weighted by Gasteiger charge is 2.29. The largest absolute Gasteiger partial charge is 0.428 e. The highest BCUT2D eigenvalue weighted by molar-refractivity contribution is 8.00. The lowest BCUT2D eigenvalue weighted by atomic mass is 10.1. The maximum absolute atomic E-state index is 13.2. The fourth-order valence-electron chi connectivity index (χ4n) is 2.45. The zero-order chi connectivity index (χ0) is 19.6. The molecule has 0 N–H and O–H groups in total. The van der Waals surface area contributed by atoms with Crippen LogP contribution in [0, 0.1) is 13.8 Å². The number of oxazole rings is 1. The normalized spacial score (nSPS) is 12.9. The second kappa shape index (κ2) is 7.90. The van der Waals surface area contributed by atoms with Gasteiger partial charge in [0.05, 0.1) is 4.90 Å². The molecule has 0 radical (unpaired) electrons. The maximum Gasteiger partial charge on any atom is 0.228 e. The molecule has 3 aromatic rings. The van der Waals surface area contributed by atoms with Gasteiger partial charge >= 0.3 is 0 Å². The van der Waals surface area contributed by atoms with Crippen molar-refractivity contribution in [1.82, 2.24) is 4.98 Å². The van der Waals surface area contributed by atoms with Gasteiger partial charge < -0.3 is 4.42 Å². The summed E-state index contributed by atoms with van der Waals surface area (Å²) in [4.78, 5) is 4.62. The molecule has 6 heteroatoms. The van der Waals surface area contributed by atoms with Crippen LogP contribution in [0.3, 0.4) is 0 Å². The Hall–Kier alpha value is -2.05. The monoisotopic (exact) mass is 401 g/mol. The van der Waals surface area contributed by atoms with Gasteiger partial charge in [0.2, 0.25) is 25.8 Å². The standard InChI is InChI=1S/C21H23NO3S2/c1-5-16(4)26-21-20(27(23,24)18-12-8-15(3)9-13-18)22-19(25-21)17-10-6-14(2)7-11-17/h6-13,16H,5H2,1-4H3. The van der Waals surface area contributed by atoms with Crippen molar-refractivity contribution in [3.8, 4) is 11.5 Å². The molecular formula is C21H23NO3S2. The Bertz CT molecular complexity index is 1020. The molecule has 0 aliphatic rings. The molecule has 0 saturated carbocycles. The Morgan fingerprint density at radius 2 is 1.56 bits per heavy atom. The van der Waals surface area contributed by atoms with E-state index in [9.17, 15) is 8.42 Å². The molecule has 0 aliphatic heterocycles. The Morgan fingerprint density at radius 3 is 2.11 bits per heavy atom. The molecule has 0 saturated heterocycles. The summed E-state index contributed by atoms with van der Waals surface area (Å²) < 4.78 is 32.3. The third-order valence-corrected chi connectivity index (χ3v) is 7.37. The number of nitrogens with zero attached hydrogens (tertiary/aromatic N) is 1. The topological polar surface area (TPSA) is 60.2 Å². The molecule has 0 fully saturated rings. The molecule has 1 aromatic heterocycles. The molecule has 27 heavy (non-hydrogen) atoms. The first kappa shape index (κ1) is 19.7. The number of aromatic nitrogens is 1. The van der Waals surface area contributed by atoms with Crippen molar-refractivity contribution in [1.29, 1.82) is 0 Å². The zero-order valence-electron chi connectivity index (χ0n) is 15.9. The van der Waals surface area contributed by atoms with Gasteiger partial charge in [0, 0.05) is 10.8 Å². The molecule has 142 valence electrons. The van der Waals surface area contributed by atoms with E-state index in [-0.39, 0.29) is 15.2 Å². The first-order chi connectivity index (χ1) is 12.8. The molecule has 1 atom stereocenters. The summed E-state index contributed by atoms with van der Waals surface area (Å²) in [5.41, 5.74) is 2.88. The van der Waals surface area contributed by atoms with Crippen molar-refractivity contribution >= 4 is 21.6 Å². The summed E-state index contributed by atoms with van der Waals surface area (Å²) in [7, 11) is -3.76. The minimum atomic E-state index is -3.76. The van der Waals surface area contributed by atoms with E-state index in [1.54, 1.807) is 24.3 Å². The summed E-state index contributed by atoms with van der Waals surface area (Å²) in [6, 6.07) is 14.5. The lowest BCUT2D eigenvalue weighted by Crippen LogP contribution is -2.05.